The van der Waals surface area contributed by atoms with Crippen LogP contribution in [0.5, 0.6) is 0 Å². The summed E-state index contributed by atoms with van der Waals surface area (Å²) < 4.78 is 1.74. The van der Waals surface area contributed by atoms with E-state index in [0.717, 1.165) is 0 Å². The predicted octanol–water partition coefficient (Wildman–Crippen LogP) is -1.19. The van der Waals surface area contributed by atoms with Crippen LogP contribution in [-0.4, -0.2) is 24.4 Å². The van der Waals surface area contributed by atoms with Gasteiger partial charge in [-0.25, -0.2) is 0 Å². The molecule has 0 fully saturated rings. The van der Waals surface area contributed by atoms with Crippen LogP contribution >= 0.6 is 0 Å². The molecule has 0 heterocycles. The summed E-state index contributed by atoms with van der Waals surface area (Å²) in [5.41, 5.74) is 0. The molecule has 0 aliphatic carbocycles. The van der Waals surface area contributed by atoms with Gasteiger partial charge in [-0.05, 0) is 0 Å². The van der Waals surface area contributed by atoms with E-state index in [0.29, 0.717) is 18.9 Å². The van der Waals surface area contributed by atoms with E-state index < -0.39 is 41.0 Å². The van der Waals surface area contributed by atoms with Crippen molar-refractivity contribution >= 4 is 0 Å². The summed E-state index contributed by atoms with van der Waals surface area (Å²) in [6.07, 6.45) is -3.03. The van der Waals surface area contributed by atoms with Crippen molar-refractivity contribution in [2.75, 3.05) is 0 Å². The summed E-state index contributed by atoms with van der Waals surface area (Å²) in [7, 11) is 0. The van der Waals surface area contributed by atoms with E-state index in [-0.39, 0.29) is 0 Å². The van der Waals surface area contributed by atoms with Gasteiger partial charge >= 0.3 is 108 Å². The van der Waals surface area contributed by atoms with E-state index in [1.807, 2.05) is 0 Å². The molecule has 0 aliphatic rings. The van der Waals surface area contributed by atoms with Crippen LogP contribution in [-0.2, 0) is 16.6 Å². The first-order chi connectivity index (χ1) is 7.67. The average molecular weight is 280 g/mol. The van der Waals surface area contributed by atoms with Crippen molar-refractivity contribution in [2.45, 2.75) is 71.0 Å². The fourth-order valence-corrected chi connectivity index (χ4v) is 12.1. The van der Waals surface area contributed by atoms with Gasteiger partial charge in [-0.15, -0.1) is 0 Å². The Morgan fingerprint density at radius 2 is 0.765 bits per heavy atom. The monoisotopic (exact) mass is 280 g/mol. The van der Waals surface area contributed by atoms with Crippen LogP contribution in [0.25, 0.3) is 0 Å². The third-order valence-corrected chi connectivity index (χ3v) is 11.9. The van der Waals surface area contributed by atoms with E-state index in [9.17, 15) is 20.4 Å². The maximum atomic E-state index is 11.4. The predicted molar refractivity (Wildman–Crippen MR) is 57.1 cm³/mol. The first kappa shape index (κ1) is 17.6. The fraction of sp³-hybridized carbons (Fsp3) is 1.00. The van der Waals surface area contributed by atoms with Crippen molar-refractivity contribution in [1.29, 1.82) is 0 Å². The molecule has 0 aromatic carbocycles. The molecule has 0 bridgehead atoms. The van der Waals surface area contributed by atoms with Crippen molar-refractivity contribution in [1.82, 2.24) is 0 Å². The quantitative estimate of drug-likeness (QED) is 0.522. The van der Waals surface area contributed by atoms with Crippen LogP contribution in [0, 0.1) is 0 Å². The fourth-order valence-electron chi connectivity index (χ4n) is 2.94. The molecule has 4 unspecified atom stereocenters. The molecular weight excluding hydrogens is 256 g/mol. The first-order valence-corrected chi connectivity index (χ1v) is 10.7. The van der Waals surface area contributed by atoms with Crippen LogP contribution < -0.4 is 20.4 Å². The van der Waals surface area contributed by atoms with Crippen LogP contribution in [0.15, 0.2) is 0 Å². The molecular formula is C12H24O4Ti. The second kappa shape index (κ2) is 7.87. The van der Waals surface area contributed by atoms with Crippen LogP contribution in [0.3, 0.4) is 0 Å². The molecule has 0 radical (unpaired) electrons. The number of hydrogen-bond acceptors (Lipinski definition) is 4. The van der Waals surface area contributed by atoms with Crippen LogP contribution in [0.2, 0.25) is 18.9 Å². The Morgan fingerprint density at radius 3 is 0.882 bits per heavy atom. The van der Waals surface area contributed by atoms with Gasteiger partial charge in [0.15, 0.2) is 0 Å². The zero-order chi connectivity index (χ0) is 13.6. The Balaban J connectivity index is 4.89. The van der Waals surface area contributed by atoms with Gasteiger partial charge in [0, 0.05) is 0 Å². The van der Waals surface area contributed by atoms with Crippen LogP contribution in [0.4, 0.5) is 0 Å². The maximum absolute atomic E-state index is 11.4. The van der Waals surface area contributed by atoms with Gasteiger partial charge in [-0.1, -0.05) is 0 Å². The summed E-state index contributed by atoms with van der Waals surface area (Å²) in [4.78, 5) is 0. The van der Waals surface area contributed by atoms with Crippen molar-refractivity contribution in [3.63, 3.8) is 0 Å². The van der Waals surface area contributed by atoms with Gasteiger partial charge < -0.3 is 0 Å². The van der Waals surface area contributed by atoms with Crippen molar-refractivity contribution < 1.29 is 37.0 Å². The van der Waals surface area contributed by atoms with Gasteiger partial charge in [0.25, 0.3) is 0 Å². The van der Waals surface area contributed by atoms with E-state index in [1.54, 1.807) is 27.7 Å². The molecule has 0 saturated heterocycles. The SMILES string of the molecule is CC([O-])[CH2][Ti+4]([CH2]C(C)[O-])([CH2]C(C)[O-])[CH2]C(C)[O-]. The summed E-state index contributed by atoms with van der Waals surface area (Å²) >= 11 is -2.87. The second-order valence-corrected chi connectivity index (χ2v) is 12.8. The molecule has 5 heteroatoms. The van der Waals surface area contributed by atoms with Gasteiger partial charge in [0.05, 0.1) is 0 Å². The van der Waals surface area contributed by atoms with Gasteiger partial charge in [0.1, 0.15) is 0 Å². The van der Waals surface area contributed by atoms with Crippen molar-refractivity contribution in [2.24, 2.45) is 0 Å². The zero-order valence-corrected chi connectivity index (χ0v) is 12.8. The Bertz CT molecular complexity index is 159. The van der Waals surface area contributed by atoms with E-state index in [4.69, 9.17) is 0 Å². The summed E-state index contributed by atoms with van der Waals surface area (Å²) in [5, 5.41) is 45.7. The molecule has 0 aromatic heterocycles. The molecule has 100 valence electrons. The average Bonchev–Trinajstić information content (AvgIpc) is 1.95. The number of hydrogen-bond donors (Lipinski definition) is 0. The Hall–Kier alpha value is 0.554. The Labute approximate surface area is 108 Å². The molecule has 0 rings (SSSR count). The third-order valence-electron chi connectivity index (χ3n) is 2.88. The molecule has 0 amide bonds. The zero-order valence-electron chi connectivity index (χ0n) is 11.3. The van der Waals surface area contributed by atoms with Crippen molar-refractivity contribution in [3.8, 4) is 0 Å². The molecule has 4 atom stereocenters. The van der Waals surface area contributed by atoms with E-state index in [1.165, 1.54) is 0 Å². The Kier molecular flexibility index (Phi) is 8.13. The molecule has 0 saturated carbocycles. The second-order valence-electron chi connectivity index (χ2n) is 5.56. The van der Waals surface area contributed by atoms with Gasteiger partial charge in [-0.2, -0.15) is 0 Å². The van der Waals surface area contributed by atoms with Crippen LogP contribution in [0.1, 0.15) is 27.7 Å². The topological polar surface area (TPSA) is 92.2 Å². The summed E-state index contributed by atoms with van der Waals surface area (Å²) in [6, 6.07) is 0. The summed E-state index contributed by atoms with van der Waals surface area (Å²) in [5.74, 6) is 0. The van der Waals surface area contributed by atoms with Crippen molar-refractivity contribution in [3.05, 3.63) is 0 Å². The standard InChI is InChI=1S/4C3H6O.Ti/c4*1-3(2)4;/h4*3H,1H2,2H3;/q4*-1;+4. The van der Waals surface area contributed by atoms with Gasteiger partial charge in [-0.3, -0.25) is 0 Å². The third kappa shape index (κ3) is 8.30. The molecule has 0 aromatic rings. The van der Waals surface area contributed by atoms with E-state index in [2.05, 4.69) is 0 Å². The van der Waals surface area contributed by atoms with Gasteiger partial charge in [0.2, 0.25) is 0 Å². The molecule has 4 nitrogen and oxygen atoms in total. The molecule has 0 aliphatic heterocycles. The normalized spacial score (nSPS) is 18.8. The molecule has 17 heavy (non-hydrogen) atoms. The number of rotatable bonds is 8. The van der Waals surface area contributed by atoms with E-state index >= 15 is 0 Å². The molecule has 0 spiro atoms. The first-order valence-electron chi connectivity index (χ1n) is 6.30. The molecule has 0 N–H and O–H groups in total. The Morgan fingerprint density at radius 1 is 0.588 bits per heavy atom. The summed E-state index contributed by atoms with van der Waals surface area (Å²) in [6.45, 7) is 6.28. The minimum absolute atomic E-state index is 0.436. The minimum atomic E-state index is -2.87.